The maximum Gasteiger partial charge on any atom is 0.261 e. The van der Waals surface area contributed by atoms with Gasteiger partial charge in [-0.25, -0.2) is 13.4 Å². The van der Waals surface area contributed by atoms with Crippen molar-refractivity contribution in [2.75, 3.05) is 10.0 Å². The summed E-state index contributed by atoms with van der Waals surface area (Å²) in [6, 6.07) is 20.9. The molecule has 2 N–H and O–H groups in total. The standard InChI is InChI=1S/C23H18IN3O3S2/c1-15-6-12-18(13-7-15)32(29,30)27-20-5-3-2-4-19(20)22(28)26-23-25-21(14-31-23)16-8-10-17(24)11-9-16/h2-14,27H,1H3,(H,25,26,28). The van der Waals surface area contributed by atoms with Gasteiger partial charge in [0.25, 0.3) is 15.9 Å². The van der Waals surface area contributed by atoms with Crippen LogP contribution in [0.15, 0.2) is 83.1 Å². The molecule has 0 saturated carbocycles. The van der Waals surface area contributed by atoms with Crippen molar-refractivity contribution in [3.05, 3.63) is 92.9 Å². The summed E-state index contributed by atoms with van der Waals surface area (Å²) in [6.45, 7) is 1.88. The zero-order chi connectivity index (χ0) is 22.7. The first-order valence-corrected chi connectivity index (χ1v) is 13.0. The minimum absolute atomic E-state index is 0.125. The third-order valence-electron chi connectivity index (χ3n) is 4.61. The molecule has 0 radical (unpaired) electrons. The van der Waals surface area contributed by atoms with E-state index in [1.54, 1.807) is 36.4 Å². The third-order valence-corrected chi connectivity index (χ3v) is 7.47. The minimum atomic E-state index is -3.84. The number of para-hydroxylation sites is 1. The van der Waals surface area contributed by atoms with E-state index in [1.807, 2.05) is 36.6 Å². The second-order valence-corrected chi connectivity index (χ2v) is 10.7. The Balaban J connectivity index is 1.54. The molecule has 0 aliphatic heterocycles. The van der Waals surface area contributed by atoms with E-state index in [0.717, 1.165) is 20.4 Å². The van der Waals surface area contributed by atoms with Crippen LogP contribution in [-0.4, -0.2) is 19.3 Å². The molecule has 0 spiro atoms. The van der Waals surface area contributed by atoms with E-state index in [2.05, 4.69) is 37.6 Å². The maximum atomic E-state index is 12.9. The van der Waals surface area contributed by atoms with Crippen LogP contribution in [0.2, 0.25) is 0 Å². The average Bonchev–Trinajstić information content (AvgIpc) is 3.23. The fourth-order valence-corrected chi connectivity index (χ4v) is 5.09. The summed E-state index contributed by atoms with van der Waals surface area (Å²) >= 11 is 3.54. The Morgan fingerprint density at radius 3 is 2.38 bits per heavy atom. The highest BCUT2D eigenvalue weighted by molar-refractivity contribution is 14.1. The van der Waals surface area contributed by atoms with Crippen molar-refractivity contribution in [3.63, 3.8) is 0 Å². The number of aryl methyl sites for hydroxylation is 1. The van der Waals surface area contributed by atoms with Gasteiger partial charge in [0.2, 0.25) is 0 Å². The molecule has 0 saturated heterocycles. The van der Waals surface area contributed by atoms with Crippen molar-refractivity contribution in [1.29, 1.82) is 0 Å². The molecular formula is C23H18IN3O3S2. The van der Waals surface area contributed by atoms with Crippen LogP contribution in [0.5, 0.6) is 0 Å². The van der Waals surface area contributed by atoms with Crippen LogP contribution in [0.1, 0.15) is 15.9 Å². The van der Waals surface area contributed by atoms with E-state index in [1.165, 1.54) is 23.5 Å². The Hall–Kier alpha value is -2.76. The number of amides is 1. The smallest absolute Gasteiger partial charge is 0.261 e. The number of rotatable bonds is 6. The number of anilines is 2. The summed E-state index contributed by atoms with van der Waals surface area (Å²) in [5, 5.41) is 5.06. The van der Waals surface area contributed by atoms with Gasteiger partial charge in [-0.15, -0.1) is 11.3 Å². The van der Waals surface area contributed by atoms with Crippen LogP contribution >= 0.6 is 33.9 Å². The van der Waals surface area contributed by atoms with Crippen molar-refractivity contribution in [1.82, 2.24) is 4.98 Å². The molecule has 0 unspecified atom stereocenters. The highest BCUT2D eigenvalue weighted by atomic mass is 127. The molecule has 3 aromatic carbocycles. The number of aromatic nitrogens is 1. The fraction of sp³-hybridized carbons (Fsp3) is 0.0435. The van der Waals surface area contributed by atoms with Crippen LogP contribution in [0, 0.1) is 10.5 Å². The van der Waals surface area contributed by atoms with E-state index in [9.17, 15) is 13.2 Å². The Morgan fingerprint density at radius 1 is 0.969 bits per heavy atom. The Kier molecular flexibility index (Phi) is 6.58. The van der Waals surface area contributed by atoms with Crippen molar-refractivity contribution in [2.24, 2.45) is 0 Å². The van der Waals surface area contributed by atoms with Crippen LogP contribution in [0.25, 0.3) is 11.3 Å². The molecule has 1 aromatic heterocycles. The first kappa shape index (κ1) is 22.4. The maximum absolute atomic E-state index is 12.9. The number of sulfonamides is 1. The van der Waals surface area contributed by atoms with Gasteiger partial charge in [-0.2, -0.15) is 0 Å². The van der Waals surface area contributed by atoms with Gasteiger partial charge in [0.05, 0.1) is 21.8 Å². The molecule has 0 fully saturated rings. The number of thiazole rings is 1. The zero-order valence-corrected chi connectivity index (χ0v) is 20.7. The number of hydrogen-bond acceptors (Lipinski definition) is 5. The van der Waals surface area contributed by atoms with Gasteiger partial charge >= 0.3 is 0 Å². The van der Waals surface area contributed by atoms with Crippen LogP contribution in [0.3, 0.4) is 0 Å². The quantitative estimate of drug-likeness (QED) is 0.286. The zero-order valence-electron chi connectivity index (χ0n) is 16.9. The van der Waals surface area contributed by atoms with E-state index < -0.39 is 15.9 Å². The van der Waals surface area contributed by atoms with Crippen molar-refractivity contribution in [2.45, 2.75) is 11.8 Å². The van der Waals surface area contributed by atoms with Gasteiger partial charge in [0, 0.05) is 14.5 Å². The lowest BCUT2D eigenvalue weighted by Crippen LogP contribution is -2.18. The number of halogens is 1. The van der Waals surface area contributed by atoms with E-state index in [-0.39, 0.29) is 16.1 Å². The van der Waals surface area contributed by atoms with Gasteiger partial charge in [-0.05, 0) is 65.9 Å². The van der Waals surface area contributed by atoms with Gasteiger partial charge in [-0.1, -0.05) is 42.0 Å². The molecule has 0 bridgehead atoms. The minimum Gasteiger partial charge on any atom is -0.298 e. The molecule has 0 aliphatic carbocycles. The summed E-state index contributed by atoms with van der Waals surface area (Å²) in [6.07, 6.45) is 0. The Morgan fingerprint density at radius 2 is 1.66 bits per heavy atom. The summed E-state index contributed by atoms with van der Waals surface area (Å²) in [5.74, 6) is -0.448. The molecule has 6 nitrogen and oxygen atoms in total. The number of nitrogens with zero attached hydrogens (tertiary/aromatic N) is 1. The third kappa shape index (κ3) is 5.17. The van der Waals surface area contributed by atoms with Gasteiger partial charge in [-0.3, -0.25) is 14.8 Å². The van der Waals surface area contributed by atoms with Crippen LogP contribution in [-0.2, 0) is 10.0 Å². The molecule has 32 heavy (non-hydrogen) atoms. The molecule has 4 rings (SSSR count). The summed E-state index contributed by atoms with van der Waals surface area (Å²) in [5.41, 5.74) is 3.06. The molecule has 0 aliphatic rings. The predicted molar refractivity (Wildman–Crippen MR) is 137 cm³/mol. The molecule has 9 heteroatoms. The van der Waals surface area contributed by atoms with Gasteiger partial charge in [0.15, 0.2) is 5.13 Å². The lowest BCUT2D eigenvalue weighted by atomic mass is 10.2. The first-order chi connectivity index (χ1) is 15.3. The van der Waals surface area contributed by atoms with Crippen LogP contribution in [0.4, 0.5) is 10.8 Å². The van der Waals surface area contributed by atoms with E-state index >= 15 is 0 Å². The predicted octanol–water partition coefficient (Wildman–Crippen LogP) is 5.78. The topological polar surface area (TPSA) is 88.2 Å². The molecule has 1 amide bonds. The number of benzene rings is 3. The fourth-order valence-electron chi connectivity index (χ4n) is 2.94. The second kappa shape index (κ2) is 9.39. The van der Waals surface area contributed by atoms with Crippen LogP contribution < -0.4 is 10.0 Å². The van der Waals surface area contributed by atoms with Gasteiger partial charge < -0.3 is 0 Å². The highest BCUT2D eigenvalue weighted by Gasteiger charge is 2.19. The number of carbonyl (C=O) groups is 1. The Bertz CT molecular complexity index is 1370. The monoisotopic (exact) mass is 575 g/mol. The number of carbonyl (C=O) groups excluding carboxylic acids is 1. The van der Waals surface area contributed by atoms with Gasteiger partial charge in [0.1, 0.15) is 0 Å². The molecular weight excluding hydrogens is 557 g/mol. The van der Waals surface area contributed by atoms with E-state index in [0.29, 0.717) is 5.13 Å². The van der Waals surface area contributed by atoms with Crippen molar-refractivity contribution in [3.8, 4) is 11.3 Å². The number of hydrogen-bond donors (Lipinski definition) is 2. The normalized spacial score (nSPS) is 11.2. The summed E-state index contributed by atoms with van der Waals surface area (Å²) in [7, 11) is -3.84. The van der Waals surface area contributed by atoms with Crippen molar-refractivity contribution >= 4 is 60.7 Å². The highest BCUT2D eigenvalue weighted by Crippen LogP contribution is 2.27. The lowest BCUT2D eigenvalue weighted by molar-refractivity contribution is 0.102. The SMILES string of the molecule is Cc1ccc(S(=O)(=O)Nc2ccccc2C(=O)Nc2nc(-c3ccc(I)cc3)cs2)cc1. The lowest BCUT2D eigenvalue weighted by Gasteiger charge is -2.12. The molecule has 162 valence electrons. The number of nitrogens with one attached hydrogen (secondary N) is 2. The molecule has 1 heterocycles. The summed E-state index contributed by atoms with van der Waals surface area (Å²) < 4.78 is 29.2. The Labute approximate surface area is 203 Å². The first-order valence-electron chi connectivity index (χ1n) is 9.53. The molecule has 0 atom stereocenters. The van der Waals surface area contributed by atoms with E-state index in [4.69, 9.17) is 0 Å². The summed E-state index contributed by atoms with van der Waals surface area (Å²) in [4.78, 5) is 17.5. The van der Waals surface area contributed by atoms with Crippen molar-refractivity contribution < 1.29 is 13.2 Å². The second-order valence-electron chi connectivity index (χ2n) is 6.96. The largest absolute Gasteiger partial charge is 0.298 e. The average molecular weight is 575 g/mol. The molecule has 4 aromatic rings.